The third kappa shape index (κ3) is 3.19. The quantitative estimate of drug-likeness (QED) is 0.854. The molecule has 0 spiro atoms. The number of hydrogen-bond acceptors (Lipinski definition) is 2. The summed E-state index contributed by atoms with van der Waals surface area (Å²) in [6.07, 6.45) is 2.40. The minimum absolute atomic E-state index is 0.190. The molecule has 1 heterocycles. The summed E-state index contributed by atoms with van der Waals surface area (Å²) in [5, 5.41) is 9.70. The molecule has 0 amide bonds. The van der Waals surface area contributed by atoms with E-state index in [4.69, 9.17) is 0 Å². The molecule has 0 bridgehead atoms. The van der Waals surface area contributed by atoms with Crippen LogP contribution < -0.4 is 0 Å². The number of piperidine rings is 1. The fourth-order valence-electron chi connectivity index (χ4n) is 2.60. The van der Waals surface area contributed by atoms with E-state index < -0.39 is 0 Å². The number of phenolic OH excluding ortho intramolecular Hbond substituents is 1. The molecule has 17 heavy (non-hydrogen) atoms. The molecule has 1 fully saturated rings. The summed E-state index contributed by atoms with van der Waals surface area (Å²) in [4.78, 5) is 2.29. The molecule has 1 aromatic carbocycles. The van der Waals surface area contributed by atoms with E-state index in [0.29, 0.717) is 17.5 Å². The first-order valence-corrected chi connectivity index (χ1v) is 6.16. The summed E-state index contributed by atoms with van der Waals surface area (Å²) < 4.78 is 13.1. The van der Waals surface area contributed by atoms with Gasteiger partial charge in [0, 0.05) is 18.7 Å². The summed E-state index contributed by atoms with van der Waals surface area (Å²) in [6, 6.07) is 4.15. The van der Waals surface area contributed by atoms with Gasteiger partial charge < -0.3 is 5.11 Å². The maximum Gasteiger partial charge on any atom is 0.123 e. The van der Waals surface area contributed by atoms with E-state index in [1.807, 2.05) is 0 Å². The van der Waals surface area contributed by atoms with Crippen LogP contribution in [0.25, 0.3) is 0 Å². The highest BCUT2D eigenvalue weighted by molar-refractivity contribution is 5.32. The Morgan fingerprint density at radius 3 is 2.88 bits per heavy atom. The van der Waals surface area contributed by atoms with Crippen molar-refractivity contribution in [3.8, 4) is 5.75 Å². The van der Waals surface area contributed by atoms with Gasteiger partial charge in [-0.3, -0.25) is 4.90 Å². The molecule has 0 unspecified atom stereocenters. The van der Waals surface area contributed by atoms with Crippen molar-refractivity contribution in [3.63, 3.8) is 0 Å². The largest absolute Gasteiger partial charge is 0.508 e. The molecule has 0 aromatic heterocycles. The van der Waals surface area contributed by atoms with Gasteiger partial charge in [0.15, 0.2) is 0 Å². The van der Waals surface area contributed by atoms with E-state index in [-0.39, 0.29) is 11.6 Å². The van der Waals surface area contributed by atoms with E-state index in [9.17, 15) is 9.50 Å². The minimum atomic E-state index is -0.283. The molecule has 3 heteroatoms. The SMILES string of the molecule is CC1(C)CCCN(Cc2cc(F)ccc2O)C1. The van der Waals surface area contributed by atoms with E-state index >= 15 is 0 Å². The Hall–Kier alpha value is -1.09. The van der Waals surface area contributed by atoms with E-state index in [1.165, 1.54) is 31.0 Å². The second-order valence-corrected chi connectivity index (χ2v) is 5.75. The number of hydrogen-bond donors (Lipinski definition) is 1. The summed E-state index contributed by atoms with van der Waals surface area (Å²) in [6.45, 7) is 7.17. The van der Waals surface area contributed by atoms with Crippen molar-refractivity contribution < 1.29 is 9.50 Å². The van der Waals surface area contributed by atoms with Crippen LogP contribution >= 0.6 is 0 Å². The number of halogens is 1. The van der Waals surface area contributed by atoms with Crippen LogP contribution in [0.2, 0.25) is 0 Å². The lowest BCUT2D eigenvalue weighted by atomic mass is 9.84. The van der Waals surface area contributed by atoms with Crippen LogP contribution in [0.3, 0.4) is 0 Å². The van der Waals surface area contributed by atoms with Gasteiger partial charge in [-0.05, 0) is 43.0 Å². The molecule has 1 aromatic rings. The maximum absolute atomic E-state index is 13.1. The zero-order valence-electron chi connectivity index (χ0n) is 10.5. The molecule has 1 aliphatic rings. The molecule has 1 saturated heterocycles. The molecule has 2 nitrogen and oxygen atoms in total. The van der Waals surface area contributed by atoms with Crippen molar-refractivity contribution in [1.29, 1.82) is 0 Å². The standard InChI is InChI=1S/C14H20FNO/c1-14(2)6-3-7-16(10-14)9-11-8-12(15)4-5-13(11)17/h4-5,8,17H,3,6-7,9-10H2,1-2H3. The maximum atomic E-state index is 13.1. The summed E-state index contributed by atoms with van der Waals surface area (Å²) in [7, 11) is 0. The van der Waals surface area contributed by atoms with Gasteiger partial charge in [0.25, 0.3) is 0 Å². The number of phenols is 1. The van der Waals surface area contributed by atoms with Crippen molar-refractivity contribution in [2.45, 2.75) is 33.2 Å². The van der Waals surface area contributed by atoms with Crippen molar-refractivity contribution in [2.24, 2.45) is 5.41 Å². The number of likely N-dealkylation sites (tertiary alicyclic amines) is 1. The van der Waals surface area contributed by atoms with Crippen molar-refractivity contribution in [1.82, 2.24) is 4.90 Å². The zero-order valence-corrected chi connectivity index (χ0v) is 10.5. The van der Waals surface area contributed by atoms with E-state index in [0.717, 1.165) is 13.1 Å². The lowest BCUT2D eigenvalue weighted by molar-refractivity contribution is 0.111. The van der Waals surface area contributed by atoms with Crippen molar-refractivity contribution >= 4 is 0 Å². The first-order valence-electron chi connectivity index (χ1n) is 6.16. The number of aromatic hydroxyl groups is 1. The molecule has 0 atom stereocenters. The molecular formula is C14H20FNO. The fraction of sp³-hybridized carbons (Fsp3) is 0.571. The first kappa shape index (κ1) is 12.4. The molecule has 1 N–H and O–H groups in total. The Morgan fingerprint density at radius 1 is 1.41 bits per heavy atom. The van der Waals surface area contributed by atoms with Crippen LogP contribution in [0.5, 0.6) is 5.75 Å². The van der Waals surface area contributed by atoms with Crippen LogP contribution in [-0.2, 0) is 6.54 Å². The van der Waals surface area contributed by atoms with E-state index in [2.05, 4.69) is 18.7 Å². The lowest BCUT2D eigenvalue weighted by Crippen LogP contribution is -2.39. The second kappa shape index (κ2) is 4.65. The Kier molecular flexibility index (Phi) is 3.38. The number of benzene rings is 1. The van der Waals surface area contributed by atoms with Gasteiger partial charge in [-0.15, -0.1) is 0 Å². The average Bonchev–Trinajstić information content (AvgIpc) is 2.22. The average molecular weight is 237 g/mol. The van der Waals surface area contributed by atoms with Crippen LogP contribution in [0.15, 0.2) is 18.2 Å². The molecule has 94 valence electrons. The predicted molar refractivity (Wildman–Crippen MR) is 66.4 cm³/mol. The Bertz CT molecular complexity index is 403. The Labute approximate surface area is 102 Å². The van der Waals surface area contributed by atoms with Gasteiger partial charge in [-0.25, -0.2) is 4.39 Å². The van der Waals surface area contributed by atoms with Crippen LogP contribution in [0.4, 0.5) is 4.39 Å². The Morgan fingerprint density at radius 2 is 2.18 bits per heavy atom. The van der Waals surface area contributed by atoms with Crippen molar-refractivity contribution in [3.05, 3.63) is 29.6 Å². The predicted octanol–water partition coefficient (Wildman–Crippen LogP) is 3.15. The fourth-order valence-corrected chi connectivity index (χ4v) is 2.60. The van der Waals surface area contributed by atoms with E-state index in [1.54, 1.807) is 0 Å². The normalized spacial score (nSPS) is 20.4. The highest BCUT2D eigenvalue weighted by Crippen LogP contribution is 2.30. The highest BCUT2D eigenvalue weighted by Gasteiger charge is 2.26. The van der Waals surface area contributed by atoms with Gasteiger partial charge in [0.1, 0.15) is 11.6 Å². The molecule has 0 aliphatic carbocycles. The molecule has 0 radical (unpaired) electrons. The molecule has 1 aliphatic heterocycles. The van der Waals surface area contributed by atoms with Crippen LogP contribution in [0.1, 0.15) is 32.3 Å². The van der Waals surface area contributed by atoms with Gasteiger partial charge in [0.05, 0.1) is 0 Å². The topological polar surface area (TPSA) is 23.5 Å². The summed E-state index contributed by atoms with van der Waals surface area (Å²) in [5.41, 5.74) is 1.00. The zero-order chi connectivity index (χ0) is 12.5. The van der Waals surface area contributed by atoms with Gasteiger partial charge in [0.2, 0.25) is 0 Å². The smallest absolute Gasteiger partial charge is 0.123 e. The second-order valence-electron chi connectivity index (χ2n) is 5.75. The minimum Gasteiger partial charge on any atom is -0.508 e. The lowest BCUT2D eigenvalue weighted by Gasteiger charge is -2.38. The monoisotopic (exact) mass is 237 g/mol. The molecule has 2 rings (SSSR count). The summed E-state index contributed by atoms with van der Waals surface area (Å²) in [5.74, 6) is -0.0937. The van der Waals surface area contributed by atoms with Crippen LogP contribution in [-0.4, -0.2) is 23.1 Å². The van der Waals surface area contributed by atoms with Gasteiger partial charge in [-0.1, -0.05) is 13.8 Å². The number of nitrogens with zero attached hydrogens (tertiary/aromatic N) is 1. The first-order chi connectivity index (χ1) is 7.96. The highest BCUT2D eigenvalue weighted by atomic mass is 19.1. The summed E-state index contributed by atoms with van der Waals surface area (Å²) >= 11 is 0. The Balaban J connectivity index is 2.07. The molecular weight excluding hydrogens is 217 g/mol. The van der Waals surface area contributed by atoms with Crippen molar-refractivity contribution in [2.75, 3.05) is 13.1 Å². The van der Waals surface area contributed by atoms with Gasteiger partial charge in [-0.2, -0.15) is 0 Å². The van der Waals surface area contributed by atoms with Crippen LogP contribution in [0, 0.1) is 11.2 Å². The third-order valence-electron chi connectivity index (χ3n) is 3.42. The molecule has 0 saturated carbocycles. The van der Waals surface area contributed by atoms with Gasteiger partial charge >= 0.3 is 0 Å². The number of rotatable bonds is 2. The third-order valence-corrected chi connectivity index (χ3v) is 3.42.